The van der Waals surface area contributed by atoms with Gasteiger partial charge in [-0.2, -0.15) is 13.2 Å². The Morgan fingerprint density at radius 2 is 2.12 bits per heavy atom. The van der Waals surface area contributed by atoms with E-state index in [0.717, 1.165) is 28.0 Å². The summed E-state index contributed by atoms with van der Waals surface area (Å²) in [4.78, 5) is 53.2. The zero-order chi connectivity index (χ0) is 24.5. The van der Waals surface area contributed by atoms with E-state index in [4.69, 9.17) is 15.7 Å². The van der Waals surface area contributed by atoms with Gasteiger partial charge in [-0.05, 0) is 5.57 Å². The van der Waals surface area contributed by atoms with Crippen LogP contribution in [0.3, 0.4) is 0 Å². The van der Waals surface area contributed by atoms with Crippen molar-refractivity contribution in [3.05, 3.63) is 22.3 Å². The van der Waals surface area contributed by atoms with Crippen molar-refractivity contribution in [3.8, 4) is 0 Å². The Bertz CT molecular complexity index is 1070. The third-order valence-electron chi connectivity index (χ3n) is 4.34. The van der Waals surface area contributed by atoms with Crippen molar-refractivity contribution >= 4 is 57.7 Å². The van der Waals surface area contributed by atoms with Crippen LogP contribution in [-0.2, 0) is 28.7 Å². The van der Waals surface area contributed by atoms with E-state index in [-0.39, 0.29) is 28.8 Å². The van der Waals surface area contributed by atoms with Gasteiger partial charge in [-0.25, -0.2) is 14.6 Å². The number of β-lactam (4-membered cyclic amide) rings is 1. The van der Waals surface area contributed by atoms with E-state index in [1.165, 1.54) is 12.5 Å². The van der Waals surface area contributed by atoms with Crippen molar-refractivity contribution in [3.63, 3.8) is 0 Å². The molecule has 12 nitrogen and oxygen atoms in total. The number of methoxy groups -OCH3 is 1. The lowest BCUT2D eigenvalue weighted by atomic mass is 10.0. The van der Waals surface area contributed by atoms with Crippen molar-refractivity contribution in [2.24, 2.45) is 5.16 Å². The lowest BCUT2D eigenvalue weighted by Crippen LogP contribution is -2.71. The maximum Gasteiger partial charge on any atom is 0.491 e. The van der Waals surface area contributed by atoms with Gasteiger partial charge in [0.15, 0.2) is 10.8 Å². The van der Waals surface area contributed by atoms with Gasteiger partial charge in [0.05, 0.1) is 6.61 Å². The summed E-state index contributed by atoms with van der Waals surface area (Å²) in [7, 11) is 1.26. The number of carbonyl (C=O) groups excluding carboxylic acids is 4. The first-order chi connectivity index (χ1) is 15.5. The largest absolute Gasteiger partial charge is 0.491 e. The number of hydrogen-bond donors (Lipinski definition) is 3. The number of esters is 2. The Morgan fingerprint density at radius 3 is 2.67 bits per heavy atom. The third kappa shape index (κ3) is 4.79. The maximum atomic E-state index is 12.7. The fraction of sp³-hybridized carbons (Fsp3) is 0.375. The molecule has 17 heteroatoms. The van der Waals surface area contributed by atoms with E-state index in [1.807, 2.05) is 0 Å². The molecular weight excluding hydrogens is 495 g/mol. The van der Waals surface area contributed by atoms with Gasteiger partial charge in [-0.15, -0.1) is 23.1 Å². The zero-order valence-electron chi connectivity index (χ0n) is 16.4. The van der Waals surface area contributed by atoms with Crippen LogP contribution in [0.5, 0.6) is 0 Å². The Hall–Kier alpha value is -3.18. The normalized spacial score (nSPS) is 20.8. The number of thioether (sulfide) groups is 1. The van der Waals surface area contributed by atoms with E-state index < -0.39 is 52.8 Å². The highest BCUT2D eigenvalue weighted by Crippen LogP contribution is 2.41. The first-order valence-corrected chi connectivity index (χ1v) is 10.7. The molecule has 2 aliphatic rings. The lowest BCUT2D eigenvalue weighted by molar-refractivity contribution is -0.201. The molecule has 2 aliphatic heterocycles. The molecule has 1 saturated heterocycles. The number of nitrogens with two attached hydrogens (primary N) is 1. The summed E-state index contributed by atoms with van der Waals surface area (Å²) in [6.45, 7) is -0.224. The fourth-order valence-corrected chi connectivity index (χ4v) is 4.84. The maximum absolute atomic E-state index is 12.7. The van der Waals surface area contributed by atoms with E-state index >= 15 is 0 Å². The molecule has 0 bridgehead atoms. The number of oxime groups is 1. The van der Waals surface area contributed by atoms with Crippen LogP contribution in [0, 0.1) is 0 Å². The molecule has 1 aromatic heterocycles. The van der Waals surface area contributed by atoms with Crippen LogP contribution in [0.2, 0.25) is 0 Å². The van der Waals surface area contributed by atoms with Gasteiger partial charge >= 0.3 is 18.1 Å². The number of ether oxygens (including phenoxy) is 2. The number of thiazole rings is 1. The van der Waals surface area contributed by atoms with Gasteiger partial charge in [0.25, 0.3) is 11.8 Å². The first-order valence-electron chi connectivity index (χ1n) is 8.72. The number of fused-ring (bicyclic) bond motifs is 1. The summed E-state index contributed by atoms with van der Waals surface area (Å²) in [5, 5.41) is 14.9. The topological polar surface area (TPSA) is 174 Å². The molecule has 1 fully saturated rings. The van der Waals surface area contributed by atoms with E-state index in [2.05, 4.69) is 20.2 Å². The number of halogens is 3. The number of hydrogen-bond acceptors (Lipinski definition) is 12. The molecule has 0 aromatic carbocycles. The molecule has 178 valence electrons. The van der Waals surface area contributed by atoms with Crippen LogP contribution in [-0.4, -0.2) is 81.6 Å². The molecule has 3 rings (SSSR count). The summed E-state index contributed by atoms with van der Waals surface area (Å²) < 4.78 is 46.3. The van der Waals surface area contributed by atoms with Crippen molar-refractivity contribution in [2.75, 3.05) is 25.2 Å². The van der Waals surface area contributed by atoms with E-state index in [0.29, 0.717) is 0 Å². The molecule has 2 unspecified atom stereocenters. The number of rotatable bonds is 6. The van der Waals surface area contributed by atoms with Gasteiger partial charge in [-0.3, -0.25) is 14.5 Å². The molecule has 3 heterocycles. The number of nitrogens with one attached hydrogen (secondary N) is 1. The summed E-state index contributed by atoms with van der Waals surface area (Å²) >= 11 is 2.06. The molecule has 0 aliphatic carbocycles. The fourth-order valence-electron chi connectivity index (χ4n) is 2.97. The summed E-state index contributed by atoms with van der Waals surface area (Å²) in [5.74, 6) is -6.23. The minimum atomic E-state index is -5.42. The zero-order valence-corrected chi connectivity index (χ0v) is 18.0. The highest BCUT2D eigenvalue weighted by molar-refractivity contribution is 8.00. The monoisotopic (exact) mass is 509 g/mol. The molecule has 4 N–H and O–H groups in total. The van der Waals surface area contributed by atoms with Gasteiger partial charge in [0.2, 0.25) is 0 Å². The minimum Gasteiger partial charge on any atom is -0.410 e. The molecule has 33 heavy (non-hydrogen) atoms. The highest BCUT2D eigenvalue weighted by atomic mass is 32.2. The predicted octanol–water partition coefficient (Wildman–Crippen LogP) is -0.164. The number of carbonyl (C=O) groups is 4. The average Bonchev–Trinajstić information content (AvgIpc) is 3.17. The van der Waals surface area contributed by atoms with Crippen LogP contribution >= 0.6 is 23.1 Å². The van der Waals surface area contributed by atoms with Crippen LogP contribution in [0.15, 0.2) is 21.8 Å². The Labute approximate surface area is 190 Å². The second-order valence-corrected chi connectivity index (χ2v) is 8.44. The van der Waals surface area contributed by atoms with Gasteiger partial charge in [0.1, 0.15) is 22.8 Å². The van der Waals surface area contributed by atoms with Crippen LogP contribution in [0.25, 0.3) is 0 Å². The Balaban J connectivity index is 1.79. The Kier molecular flexibility index (Phi) is 6.94. The highest BCUT2D eigenvalue weighted by Gasteiger charge is 2.55. The number of alkyl halides is 3. The third-order valence-corrected chi connectivity index (χ3v) is 6.36. The molecule has 2 amide bonds. The quantitative estimate of drug-likeness (QED) is 0.117. The molecule has 1 aromatic rings. The molecule has 0 radical (unpaired) electrons. The summed E-state index contributed by atoms with van der Waals surface area (Å²) in [6.07, 6.45) is -5.42. The van der Waals surface area contributed by atoms with Crippen LogP contribution < -0.4 is 11.1 Å². The van der Waals surface area contributed by atoms with Gasteiger partial charge in [-0.1, -0.05) is 5.16 Å². The standard InChI is InChI=1S/C16H14F3N5O7S2/c1-30-2-5-3-32-12-8(22-10(25)7(23-29)6-4-33-15(20)21-6)11(26)24(12)9(5)13(27)31-14(28)16(17,18)19/h4,8,12,29H,2-3H2,1H3,(H2,20,21)(H,22,25)/b23-7+. The predicted molar refractivity (Wildman–Crippen MR) is 106 cm³/mol. The van der Waals surface area contributed by atoms with Crippen LogP contribution in [0.4, 0.5) is 18.3 Å². The second-order valence-electron chi connectivity index (χ2n) is 6.44. The summed E-state index contributed by atoms with van der Waals surface area (Å²) in [6, 6.07) is -1.22. The summed E-state index contributed by atoms with van der Waals surface area (Å²) in [5.41, 5.74) is 4.46. The number of aromatic nitrogens is 1. The minimum absolute atomic E-state index is 0.0306. The number of amides is 2. The lowest BCUT2D eigenvalue weighted by Gasteiger charge is -2.49. The van der Waals surface area contributed by atoms with E-state index in [9.17, 15) is 32.3 Å². The van der Waals surface area contributed by atoms with Crippen molar-refractivity contribution in [2.45, 2.75) is 17.6 Å². The van der Waals surface area contributed by atoms with Gasteiger partial charge in [0, 0.05) is 18.2 Å². The van der Waals surface area contributed by atoms with Crippen LogP contribution in [0.1, 0.15) is 5.69 Å². The van der Waals surface area contributed by atoms with E-state index in [1.54, 1.807) is 0 Å². The smallest absolute Gasteiger partial charge is 0.410 e. The number of nitrogens with zero attached hydrogens (tertiary/aromatic N) is 3. The van der Waals surface area contributed by atoms with Crippen molar-refractivity contribution in [1.29, 1.82) is 0 Å². The van der Waals surface area contributed by atoms with Gasteiger partial charge < -0.3 is 25.7 Å². The van der Waals surface area contributed by atoms with Crippen molar-refractivity contribution in [1.82, 2.24) is 15.2 Å². The molecule has 0 saturated carbocycles. The van der Waals surface area contributed by atoms with Crippen molar-refractivity contribution < 1.29 is 47.0 Å². The second kappa shape index (κ2) is 9.36. The number of nitrogen functional groups attached to an aromatic ring is 1. The number of anilines is 1. The average molecular weight is 509 g/mol. The Morgan fingerprint density at radius 1 is 1.42 bits per heavy atom. The molecule has 2 atom stereocenters. The molecular formula is C16H14F3N5O7S2. The molecule has 0 spiro atoms. The first kappa shape index (κ1) is 24.5. The SMILES string of the molecule is COCC1=C(C(=O)OC(=O)C(F)(F)F)N2C(=O)C(NC(=O)/C(=N/O)c3csc(N)n3)C2SC1.